The SMILES string of the molecule is C#C[C@@H](C/C=C/C=C/C(=O)OC)c1cccs1. The quantitative estimate of drug-likeness (QED) is 0.345. The minimum absolute atomic E-state index is 0.109. The van der Waals surface area contributed by atoms with Gasteiger partial charge in [-0.05, 0) is 17.9 Å². The molecule has 1 heterocycles. The molecule has 0 aliphatic heterocycles. The summed E-state index contributed by atoms with van der Waals surface area (Å²) >= 11 is 1.66. The molecule has 0 radical (unpaired) electrons. The number of thiophene rings is 1. The van der Waals surface area contributed by atoms with Crippen LogP contribution >= 0.6 is 11.3 Å². The van der Waals surface area contributed by atoms with E-state index in [1.165, 1.54) is 18.1 Å². The highest BCUT2D eigenvalue weighted by Crippen LogP contribution is 2.23. The lowest BCUT2D eigenvalue weighted by Crippen LogP contribution is -1.92. The molecule has 0 saturated carbocycles. The molecule has 0 saturated heterocycles. The van der Waals surface area contributed by atoms with Crippen molar-refractivity contribution in [2.24, 2.45) is 0 Å². The van der Waals surface area contributed by atoms with Crippen molar-refractivity contribution in [2.75, 3.05) is 7.11 Å². The van der Waals surface area contributed by atoms with Crippen molar-refractivity contribution in [3.05, 3.63) is 46.7 Å². The van der Waals surface area contributed by atoms with E-state index in [4.69, 9.17) is 6.42 Å². The lowest BCUT2D eigenvalue weighted by Gasteiger charge is -2.03. The fraction of sp³-hybridized carbons (Fsp3) is 0.214. The van der Waals surface area contributed by atoms with Gasteiger partial charge in [0.05, 0.1) is 13.0 Å². The van der Waals surface area contributed by atoms with E-state index in [1.807, 2.05) is 23.6 Å². The summed E-state index contributed by atoms with van der Waals surface area (Å²) < 4.78 is 4.47. The molecule has 0 bridgehead atoms. The molecule has 1 rings (SSSR count). The zero-order valence-corrected chi connectivity index (χ0v) is 10.4. The van der Waals surface area contributed by atoms with Crippen LogP contribution in [0.2, 0.25) is 0 Å². The van der Waals surface area contributed by atoms with Gasteiger partial charge in [-0.1, -0.05) is 30.2 Å². The van der Waals surface area contributed by atoms with Crippen molar-refractivity contribution in [3.63, 3.8) is 0 Å². The minimum Gasteiger partial charge on any atom is -0.466 e. The van der Waals surface area contributed by atoms with Gasteiger partial charge in [0.25, 0.3) is 0 Å². The highest BCUT2D eigenvalue weighted by molar-refractivity contribution is 7.10. The zero-order chi connectivity index (χ0) is 12.5. The van der Waals surface area contributed by atoms with Crippen molar-refractivity contribution in [2.45, 2.75) is 12.3 Å². The Balaban J connectivity index is 2.44. The fourth-order valence-corrected chi connectivity index (χ4v) is 2.05. The van der Waals surface area contributed by atoms with Crippen LogP contribution < -0.4 is 0 Å². The van der Waals surface area contributed by atoms with Crippen molar-refractivity contribution < 1.29 is 9.53 Å². The number of rotatable bonds is 5. The molecule has 0 N–H and O–H groups in total. The van der Waals surface area contributed by atoms with Gasteiger partial charge in [0.1, 0.15) is 0 Å². The van der Waals surface area contributed by atoms with Crippen LogP contribution in [0.25, 0.3) is 0 Å². The topological polar surface area (TPSA) is 26.3 Å². The molecule has 0 amide bonds. The highest BCUT2D eigenvalue weighted by Gasteiger charge is 2.06. The number of hydrogen-bond acceptors (Lipinski definition) is 3. The Morgan fingerprint density at radius 1 is 1.65 bits per heavy atom. The molecule has 0 fully saturated rings. The fourth-order valence-electron chi connectivity index (χ4n) is 1.25. The van der Waals surface area contributed by atoms with E-state index in [9.17, 15) is 4.79 Å². The molecule has 0 aromatic carbocycles. The largest absolute Gasteiger partial charge is 0.466 e. The average Bonchev–Trinajstić information content (AvgIpc) is 2.87. The summed E-state index contributed by atoms with van der Waals surface area (Å²) in [6, 6.07) is 4.03. The number of terminal acetylenes is 1. The van der Waals surface area contributed by atoms with Gasteiger partial charge >= 0.3 is 5.97 Å². The number of carbonyl (C=O) groups is 1. The third-order valence-corrected chi connectivity index (χ3v) is 3.13. The van der Waals surface area contributed by atoms with Gasteiger partial charge in [0, 0.05) is 11.0 Å². The van der Waals surface area contributed by atoms with E-state index in [2.05, 4.69) is 10.7 Å². The second-order valence-corrected chi connectivity index (χ2v) is 4.26. The van der Waals surface area contributed by atoms with Crippen molar-refractivity contribution in [1.29, 1.82) is 0 Å². The van der Waals surface area contributed by atoms with Gasteiger partial charge in [-0.25, -0.2) is 4.79 Å². The Hall–Kier alpha value is -1.79. The summed E-state index contributed by atoms with van der Waals surface area (Å²) in [7, 11) is 1.35. The predicted octanol–water partition coefficient (Wildman–Crippen LogP) is 3.14. The average molecular weight is 246 g/mol. The first-order chi connectivity index (χ1) is 8.27. The van der Waals surface area contributed by atoms with E-state index in [0.29, 0.717) is 0 Å². The normalized spacial score (nSPS) is 12.7. The first-order valence-electron chi connectivity index (χ1n) is 5.18. The van der Waals surface area contributed by atoms with Crippen LogP contribution in [0.5, 0.6) is 0 Å². The number of esters is 1. The monoisotopic (exact) mass is 246 g/mol. The summed E-state index contributed by atoms with van der Waals surface area (Å²) in [4.78, 5) is 12.0. The second-order valence-electron chi connectivity index (χ2n) is 3.28. The third-order valence-electron chi connectivity index (χ3n) is 2.14. The smallest absolute Gasteiger partial charge is 0.330 e. The third kappa shape index (κ3) is 4.71. The molecular formula is C14H14O2S. The van der Waals surface area contributed by atoms with E-state index < -0.39 is 0 Å². The minimum atomic E-state index is -0.360. The van der Waals surface area contributed by atoms with E-state index in [0.717, 1.165) is 6.42 Å². The zero-order valence-electron chi connectivity index (χ0n) is 9.63. The van der Waals surface area contributed by atoms with Crippen LogP contribution in [0.4, 0.5) is 0 Å². The van der Waals surface area contributed by atoms with Crippen molar-refractivity contribution >= 4 is 17.3 Å². The van der Waals surface area contributed by atoms with E-state index in [-0.39, 0.29) is 11.9 Å². The Morgan fingerprint density at radius 3 is 3.06 bits per heavy atom. The molecule has 0 aliphatic rings. The predicted molar refractivity (Wildman–Crippen MR) is 70.8 cm³/mol. The van der Waals surface area contributed by atoms with Gasteiger partial charge in [0.2, 0.25) is 0 Å². The Bertz CT molecular complexity index is 435. The van der Waals surface area contributed by atoms with Crippen molar-refractivity contribution in [1.82, 2.24) is 0 Å². The van der Waals surface area contributed by atoms with Gasteiger partial charge in [-0.2, -0.15) is 0 Å². The molecular weight excluding hydrogens is 232 g/mol. The molecule has 1 atom stereocenters. The maximum absolute atomic E-state index is 10.8. The summed E-state index contributed by atoms with van der Waals surface area (Å²) in [6.07, 6.45) is 13.0. The van der Waals surface area contributed by atoms with Crippen LogP contribution in [0.1, 0.15) is 17.2 Å². The number of allylic oxidation sites excluding steroid dienone is 3. The van der Waals surface area contributed by atoms with Gasteiger partial charge in [0.15, 0.2) is 0 Å². The highest BCUT2D eigenvalue weighted by atomic mass is 32.1. The Morgan fingerprint density at radius 2 is 2.47 bits per heavy atom. The summed E-state index contributed by atoms with van der Waals surface area (Å²) in [5.74, 6) is 2.51. The molecule has 2 nitrogen and oxygen atoms in total. The number of methoxy groups -OCH3 is 1. The lowest BCUT2D eigenvalue weighted by atomic mass is 10.0. The summed E-state index contributed by atoms with van der Waals surface area (Å²) in [6.45, 7) is 0. The van der Waals surface area contributed by atoms with Gasteiger partial charge in [-0.15, -0.1) is 17.8 Å². The van der Waals surface area contributed by atoms with Crippen LogP contribution in [0.15, 0.2) is 41.8 Å². The van der Waals surface area contributed by atoms with Crippen LogP contribution in [0, 0.1) is 12.3 Å². The molecule has 1 aromatic heterocycles. The first-order valence-corrected chi connectivity index (χ1v) is 6.06. The van der Waals surface area contributed by atoms with Crippen molar-refractivity contribution in [3.8, 4) is 12.3 Å². The molecule has 88 valence electrons. The molecule has 17 heavy (non-hydrogen) atoms. The maximum Gasteiger partial charge on any atom is 0.330 e. The van der Waals surface area contributed by atoms with Gasteiger partial charge < -0.3 is 4.74 Å². The van der Waals surface area contributed by atoms with E-state index in [1.54, 1.807) is 23.5 Å². The summed E-state index contributed by atoms with van der Waals surface area (Å²) in [5, 5.41) is 2.01. The maximum atomic E-state index is 10.8. The van der Waals surface area contributed by atoms with E-state index >= 15 is 0 Å². The number of ether oxygens (including phenoxy) is 1. The Kier molecular flexibility index (Phi) is 5.84. The van der Waals surface area contributed by atoms with Crippen LogP contribution in [0.3, 0.4) is 0 Å². The molecule has 0 spiro atoms. The number of carbonyl (C=O) groups excluding carboxylic acids is 1. The molecule has 0 unspecified atom stereocenters. The standard InChI is InChI=1S/C14H14O2S/c1-3-12(13-9-7-11-17-13)8-5-4-6-10-14(15)16-2/h1,4-7,9-12H,8H2,2H3/b5-4+,10-6+/t12-/m0/s1. The second kappa shape index (κ2) is 7.48. The summed E-state index contributed by atoms with van der Waals surface area (Å²) in [5.41, 5.74) is 0. The van der Waals surface area contributed by atoms with Crippen LogP contribution in [-0.4, -0.2) is 13.1 Å². The van der Waals surface area contributed by atoms with Gasteiger partial charge in [-0.3, -0.25) is 0 Å². The first kappa shape index (κ1) is 13.3. The molecule has 1 aromatic rings. The number of hydrogen-bond donors (Lipinski definition) is 0. The Labute approximate surface area is 106 Å². The molecule has 0 aliphatic carbocycles. The lowest BCUT2D eigenvalue weighted by molar-refractivity contribution is -0.134. The van der Waals surface area contributed by atoms with Crippen LogP contribution in [-0.2, 0) is 9.53 Å². The molecule has 3 heteroatoms.